The summed E-state index contributed by atoms with van der Waals surface area (Å²) in [4.78, 5) is 16.5. The molecule has 6 nitrogen and oxygen atoms in total. The molecule has 0 fully saturated rings. The molecule has 0 radical (unpaired) electrons. The molecule has 3 rings (SSSR count). The molecule has 30 heavy (non-hydrogen) atoms. The fourth-order valence-corrected chi connectivity index (χ4v) is 3.02. The molecule has 1 unspecified atom stereocenters. The number of aliphatic hydroxyl groups excluding tert-OH is 1. The Morgan fingerprint density at radius 2 is 1.77 bits per heavy atom. The topological polar surface area (TPSA) is 94.5 Å². The van der Waals surface area contributed by atoms with E-state index in [1.165, 1.54) is 0 Å². The number of halogens is 1. The second-order valence-corrected chi connectivity index (χ2v) is 6.78. The zero-order chi connectivity index (χ0) is 20.5. The number of anilines is 1. The third-order valence-corrected chi connectivity index (χ3v) is 4.50. The van der Waals surface area contributed by atoms with E-state index in [0.717, 1.165) is 17.7 Å². The molecular formula is C23H26ClN3O3. The molecule has 1 aromatic heterocycles. The van der Waals surface area contributed by atoms with Gasteiger partial charge in [0.25, 0.3) is 0 Å². The molecule has 1 amide bonds. The van der Waals surface area contributed by atoms with Crippen LogP contribution in [0.3, 0.4) is 0 Å². The molecule has 7 heteroatoms. The van der Waals surface area contributed by atoms with E-state index >= 15 is 0 Å². The fraction of sp³-hybridized carbons (Fsp3) is 0.217. The molecule has 2 aromatic carbocycles. The SMILES string of the molecule is Cl.O=C(Cc1cc(CCNCC(O)c2ccccc2O)ccn1)Nc1ccccc1. The largest absolute Gasteiger partial charge is 0.508 e. The first kappa shape index (κ1) is 23.3. The van der Waals surface area contributed by atoms with E-state index in [-0.39, 0.29) is 30.5 Å². The minimum absolute atomic E-state index is 0. The van der Waals surface area contributed by atoms with Crippen molar-refractivity contribution in [1.82, 2.24) is 10.3 Å². The van der Waals surface area contributed by atoms with Crippen molar-refractivity contribution in [3.05, 3.63) is 89.7 Å². The summed E-state index contributed by atoms with van der Waals surface area (Å²) < 4.78 is 0. The van der Waals surface area contributed by atoms with Crippen molar-refractivity contribution in [2.24, 2.45) is 0 Å². The Kier molecular flexibility index (Phi) is 9.28. The molecule has 0 aliphatic carbocycles. The second-order valence-electron chi connectivity index (χ2n) is 6.78. The van der Waals surface area contributed by atoms with Gasteiger partial charge < -0.3 is 20.8 Å². The normalized spacial score (nSPS) is 11.4. The molecule has 4 N–H and O–H groups in total. The van der Waals surface area contributed by atoms with Gasteiger partial charge in [-0.2, -0.15) is 0 Å². The number of carbonyl (C=O) groups excluding carboxylic acids is 1. The number of aliphatic hydroxyl groups is 1. The predicted molar refractivity (Wildman–Crippen MR) is 120 cm³/mol. The minimum Gasteiger partial charge on any atom is -0.508 e. The Balaban J connectivity index is 0.00000320. The Bertz CT molecular complexity index is 938. The van der Waals surface area contributed by atoms with Crippen LogP contribution in [0, 0.1) is 0 Å². The number of phenolic OH excluding ortho intramolecular Hbond substituents is 1. The number of nitrogens with zero attached hydrogens (tertiary/aromatic N) is 1. The predicted octanol–water partition coefficient (Wildman–Crippen LogP) is 3.26. The number of rotatable bonds is 9. The van der Waals surface area contributed by atoms with Crippen molar-refractivity contribution in [1.29, 1.82) is 0 Å². The maximum Gasteiger partial charge on any atom is 0.230 e. The van der Waals surface area contributed by atoms with Crippen molar-refractivity contribution in [2.45, 2.75) is 18.9 Å². The average molecular weight is 428 g/mol. The summed E-state index contributed by atoms with van der Waals surface area (Å²) in [7, 11) is 0. The Hall–Kier alpha value is -2.93. The van der Waals surface area contributed by atoms with Gasteiger partial charge in [0.2, 0.25) is 5.91 Å². The number of nitrogens with one attached hydrogen (secondary N) is 2. The summed E-state index contributed by atoms with van der Waals surface area (Å²) >= 11 is 0. The number of hydrogen-bond acceptors (Lipinski definition) is 5. The number of hydrogen-bond donors (Lipinski definition) is 4. The van der Waals surface area contributed by atoms with Gasteiger partial charge in [-0.05, 0) is 48.9 Å². The first-order valence-corrected chi connectivity index (χ1v) is 9.57. The molecule has 0 saturated heterocycles. The highest BCUT2D eigenvalue weighted by molar-refractivity contribution is 5.91. The highest BCUT2D eigenvalue weighted by Gasteiger charge is 2.11. The lowest BCUT2D eigenvalue weighted by atomic mass is 10.1. The number of aromatic nitrogens is 1. The summed E-state index contributed by atoms with van der Waals surface area (Å²) in [6, 6.07) is 19.9. The van der Waals surface area contributed by atoms with Gasteiger partial charge in [-0.25, -0.2) is 0 Å². The summed E-state index contributed by atoms with van der Waals surface area (Å²) in [6.45, 7) is 0.999. The Labute approximate surface area is 182 Å². The van der Waals surface area contributed by atoms with Crippen LogP contribution in [0.1, 0.15) is 22.9 Å². The van der Waals surface area contributed by atoms with Crippen LogP contribution in [0.4, 0.5) is 5.69 Å². The molecule has 1 atom stereocenters. The maximum absolute atomic E-state index is 12.2. The third kappa shape index (κ3) is 7.15. The molecule has 0 saturated carbocycles. The number of phenols is 1. The number of carbonyl (C=O) groups is 1. The molecule has 3 aromatic rings. The molecule has 0 aliphatic heterocycles. The van der Waals surface area contributed by atoms with Crippen LogP contribution in [0.15, 0.2) is 72.9 Å². The van der Waals surface area contributed by atoms with Crippen LogP contribution in [-0.2, 0) is 17.6 Å². The van der Waals surface area contributed by atoms with Crippen LogP contribution < -0.4 is 10.6 Å². The van der Waals surface area contributed by atoms with Crippen LogP contribution in [0.25, 0.3) is 0 Å². The lowest BCUT2D eigenvalue weighted by molar-refractivity contribution is -0.115. The Morgan fingerprint density at radius 3 is 2.53 bits per heavy atom. The van der Waals surface area contributed by atoms with Crippen molar-refractivity contribution in [3.8, 4) is 5.75 Å². The fourth-order valence-electron chi connectivity index (χ4n) is 3.02. The van der Waals surface area contributed by atoms with Crippen molar-refractivity contribution in [3.63, 3.8) is 0 Å². The zero-order valence-corrected chi connectivity index (χ0v) is 17.3. The number of amides is 1. The maximum atomic E-state index is 12.2. The highest BCUT2D eigenvalue weighted by atomic mass is 35.5. The molecule has 0 bridgehead atoms. The summed E-state index contributed by atoms with van der Waals surface area (Å²) in [5.41, 5.74) is 3.05. The van der Waals surface area contributed by atoms with E-state index in [4.69, 9.17) is 0 Å². The van der Waals surface area contributed by atoms with Gasteiger partial charge in [-0.3, -0.25) is 9.78 Å². The number of aromatic hydroxyl groups is 1. The van der Waals surface area contributed by atoms with Gasteiger partial charge >= 0.3 is 0 Å². The lowest BCUT2D eigenvalue weighted by Gasteiger charge is -2.13. The summed E-state index contributed by atoms with van der Waals surface area (Å²) in [5.74, 6) is -0.0147. The van der Waals surface area contributed by atoms with E-state index in [1.54, 1.807) is 30.5 Å². The van der Waals surface area contributed by atoms with Gasteiger partial charge in [0.15, 0.2) is 0 Å². The van der Waals surface area contributed by atoms with Crippen LogP contribution in [0.5, 0.6) is 5.75 Å². The molecular weight excluding hydrogens is 402 g/mol. The van der Waals surface area contributed by atoms with E-state index in [0.29, 0.717) is 24.3 Å². The average Bonchev–Trinajstić information content (AvgIpc) is 2.72. The van der Waals surface area contributed by atoms with Gasteiger partial charge in [-0.1, -0.05) is 36.4 Å². The first-order chi connectivity index (χ1) is 14.1. The third-order valence-electron chi connectivity index (χ3n) is 4.50. The highest BCUT2D eigenvalue weighted by Crippen LogP contribution is 2.22. The van der Waals surface area contributed by atoms with Crippen molar-refractivity contribution >= 4 is 24.0 Å². The monoisotopic (exact) mass is 427 g/mol. The van der Waals surface area contributed by atoms with Gasteiger partial charge in [0.05, 0.1) is 12.5 Å². The van der Waals surface area contributed by atoms with E-state index in [9.17, 15) is 15.0 Å². The lowest BCUT2D eigenvalue weighted by Crippen LogP contribution is -2.24. The molecule has 0 spiro atoms. The smallest absolute Gasteiger partial charge is 0.230 e. The second kappa shape index (κ2) is 11.9. The standard InChI is InChI=1S/C23H25N3O3.ClH/c27-21-9-5-4-8-20(21)22(28)16-24-12-10-17-11-13-25-19(14-17)15-23(29)26-18-6-2-1-3-7-18;/h1-9,11,13-14,22,24,27-28H,10,12,15-16H2,(H,26,29);1H. The summed E-state index contributed by atoms with van der Waals surface area (Å²) in [5, 5.41) is 26.0. The van der Waals surface area contributed by atoms with Crippen LogP contribution >= 0.6 is 12.4 Å². The molecule has 158 valence electrons. The van der Waals surface area contributed by atoms with E-state index < -0.39 is 6.10 Å². The van der Waals surface area contributed by atoms with E-state index in [1.807, 2.05) is 42.5 Å². The first-order valence-electron chi connectivity index (χ1n) is 9.57. The number of benzene rings is 2. The molecule has 1 heterocycles. The minimum atomic E-state index is -0.772. The number of para-hydroxylation sites is 2. The van der Waals surface area contributed by atoms with Gasteiger partial charge in [0.1, 0.15) is 5.75 Å². The van der Waals surface area contributed by atoms with Gasteiger partial charge in [-0.15, -0.1) is 12.4 Å². The van der Waals surface area contributed by atoms with Crippen molar-refractivity contribution in [2.75, 3.05) is 18.4 Å². The van der Waals surface area contributed by atoms with Gasteiger partial charge in [0, 0.05) is 29.7 Å². The van der Waals surface area contributed by atoms with Crippen LogP contribution in [-0.4, -0.2) is 34.2 Å². The molecule has 0 aliphatic rings. The van der Waals surface area contributed by atoms with Crippen LogP contribution in [0.2, 0.25) is 0 Å². The Morgan fingerprint density at radius 1 is 1.03 bits per heavy atom. The van der Waals surface area contributed by atoms with Crippen molar-refractivity contribution < 1.29 is 15.0 Å². The quantitative estimate of drug-likeness (QED) is 0.393. The summed E-state index contributed by atoms with van der Waals surface area (Å²) in [6.07, 6.45) is 1.88. The zero-order valence-electron chi connectivity index (χ0n) is 16.5. The number of pyridine rings is 1. The van der Waals surface area contributed by atoms with E-state index in [2.05, 4.69) is 15.6 Å².